The molecule has 2 fully saturated rings. The molecule has 24 heavy (non-hydrogen) atoms. The van der Waals surface area contributed by atoms with Crippen LogP contribution in [0, 0.1) is 0 Å². The maximum atomic E-state index is 12.7. The van der Waals surface area contributed by atoms with Crippen molar-refractivity contribution < 1.29 is 13.2 Å². The lowest BCUT2D eigenvalue weighted by Gasteiger charge is -2.36. The minimum atomic E-state index is -3.49. The van der Waals surface area contributed by atoms with Gasteiger partial charge in [0.25, 0.3) is 0 Å². The van der Waals surface area contributed by atoms with E-state index >= 15 is 0 Å². The normalized spacial score (nSPS) is 21.4. The van der Waals surface area contributed by atoms with Gasteiger partial charge in [0.05, 0.1) is 10.9 Å². The number of carbonyl (C=O) groups is 1. The summed E-state index contributed by atoms with van der Waals surface area (Å²) in [4.78, 5) is 14.5. The number of rotatable bonds is 5. The van der Waals surface area contributed by atoms with Crippen molar-refractivity contribution in [2.24, 2.45) is 0 Å². The smallest absolute Gasteiger partial charge is 0.243 e. The zero-order valence-corrected chi connectivity index (χ0v) is 16.0. The first-order valence-corrected chi connectivity index (χ1v) is 10.4. The highest BCUT2D eigenvalue weighted by Gasteiger charge is 2.33. The minimum Gasteiger partial charge on any atom is -0.352 e. The van der Waals surface area contributed by atoms with Crippen molar-refractivity contribution in [2.75, 3.05) is 26.2 Å². The highest BCUT2D eigenvalue weighted by atomic mass is 79.9. The summed E-state index contributed by atoms with van der Waals surface area (Å²) < 4.78 is 27.7. The van der Waals surface area contributed by atoms with Crippen molar-refractivity contribution in [2.45, 2.75) is 36.7 Å². The van der Waals surface area contributed by atoms with Gasteiger partial charge in [-0.1, -0.05) is 22.0 Å². The van der Waals surface area contributed by atoms with Gasteiger partial charge in [-0.15, -0.1) is 0 Å². The third-order valence-electron chi connectivity index (χ3n) is 4.56. The van der Waals surface area contributed by atoms with Crippen LogP contribution in [0.15, 0.2) is 33.6 Å². The third-order valence-corrected chi connectivity index (χ3v) is 6.95. The van der Waals surface area contributed by atoms with Gasteiger partial charge in [0, 0.05) is 36.7 Å². The van der Waals surface area contributed by atoms with E-state index in [9.17, 15) is 13.2 Å². The van der Waals surface area contributed by atoms with Crippen molar-refractivity contribution >= 4 is 31.9 Å². The molecule has 6 nitrogen and oxygen atoms in total. The molecule has 1 heterocycles. The lowest BCUT2D eigenvalue weighted by Crippen LogP contribution is -2.55. The van der Waals surface area contributed by atoms with Gasteiger partial charge in [0.1, 0.15) is 0 Å². The van der Waals surface area contributed by atoms with Crippen LogP contribution in [-0.2, 0) is 14.8 Å². The molecule has 1 atom stereocenters. The molecule has 0 unspecified atom stereocenters. The van der Waals surface area contributed by atoms with Crippen LogP contribution in [0.4, 0.5) is 0 Å². The molecule has 1 saturated heterocycles. The Kier molecular flexibility index (Phi) is 5.29. The molecule has 1 aliphatic heterocycles. The number of hydrogen-bond acceptors (Lipinski definition) is 4. The zero-order chi connectivity index (χ0) is 17.3. The Hall–Kier alpha value is -0.960. The lowest BCUT2D eigenvalue weighted by atomic mass is 10.2. The van der Waals surface area contributed by atoms with E-state index in [2.05, 4.69) is 21.2 Å². The Balaban J connectivity index is 1.60. The van der Waals surface area contributed by atoms with Crippen molar-refractivity contribution in [1.29, 1.82) is 0 Å². The fourth-order valence-corrected chi connectivity index (χ4v) is 4.84. The zero-order valence-electron chi connectivity index (χ0n) is 13.6. The molecule has 8 heteroatoms. The van der Waals surface area contributed by atoms with Crippen LogP contribution in [0.5, 0.6) is 0 Å². The molecule has 1 aliphatic carbocycles. The fraction of sp³-hybridized carbons (Fsp3) is 0.562. The van der Waals surface area contributed by atoms with E-state index in [1.807, 2.05) is 11.8 Å². The lowest BCUT2D eigenvalue weighted by molar-refractivity contribution is -0.126. The number of sulfonamides is 1. The summed E-state index contributed by atoms with van der Waals surface area (Å²) in [6, 6.07) is 6.87. The second kappa shape index (κ2) is 7.11. The molecular formula is C16H22BrN3O3S. The molecule has 1 aromatic carbocycles. The Labute approximate surface area is 151 Å². The first-order chi connectivity index (χ1) is 11.4. The molecule has 1 N–H and O–H groups in total. The van der Waals surface area contributed by atoms with Gasteiger partial charge < -0.3 is 5.32 Å². The summed E-state index contributed by atoms with van der Waals surface area (Å²) in [5.41, 5.74) is 0. The van der Waals surface area contributed by atoms with Gasteiger partial charge in [0.15, 0.2) is 0 Å². The number of nitrogens with zero attached hydrogens (tertiary/aromatic N) is 2. The Morgan fingerprint density at radius 1 is 1.25 bits per heavy atom. The van der Waals surface area contributed by atoms with Gasteiger partial charge in [-0.3, -0.25) is 9.69 Å². The summed E-state index contributed by atoms with van der Waals surface area (Å²) in [6.45, 7) is 3.81. The van der Waals surface area contributed by atoms with E-state index in [4.69, 9.17) is 0 Å². The van der Waals surface area contributed by atoms with E-state index in [1.54, 1.807) is 24.3 Å². The van der Waals surface area contributed by atoms with E-state index in [0.29, 0.717) is 37.1 Å². The number of halogens is 1. The molecule has 132 valence electrons. The Morgan fingerprint density at radius 3 is 2.50 bits per heavy atom. The maximum Gasteiger partial charge on any atom is 0.243 e. The first kappa shape index (κ1) is 17.8. The van der Waals surface area contributed by atoms with Crippen LogP contribution < -0.4 is 5.32 Å². The molecule has 0 aromatic heterocycles. The molecule has 2 aliphatic rings. The van der Waals surface area contributed by atoms with Crippen molar-refractivity contribution in [1.82, 2.24) is 14.5 Å². The average Bonchev–Trinajstić information content (AvgIpc) is 3.38. The number of piperazine rings is 1. The fourth-order valence-electron chi connectivity index (χ4n) is 2.82. The molecule has 1 saturated carbocycles. The maximum absolute atomic E-state index is 12.7. The number of nitrogens with one attached hydrogen (secondary N) is 1. The van der Waals surface area contributed by atoms with Crippen molar-refractivity contribution in [3.05, 3.63) is 28.7 Å². The van der Waals surface area contributed by atoms with E-state index in [-0.39, 0.29) is 11.9 Å². The van der Waals surface area contributed by atoms with Crippen molar-refractivity contribution in [3.8, 4) is 0 Å². The number of benzene rings is 1. The number of carbonyl (C=O) groups excluding carboxylic acids is 1. The second-order valence-electron chi connectivity index (χ2n) is 6.36. The van der Waals surface area contributed by atoms with E-state index in [0.717, 1.165) is 17.3 Å². The minimum absolute atomic E-state index is 0.0424. The van der Waals surface area contributed by atoms with Gasteiger partial charge >= 0.3 is 0 Å². The Bertz CT molecular complexity index is 713. The molecular weight excluding hydrogens is 394 g/mol. The van der Waals surface area contributed by atoms with Crippen LogP contribution in [0.25, 0.3) is 0 Å². The Morgan fingerprint density at radius 2 is 1.92 bits per heavy atom. The van der Waals surface area contributed by atoms with Gasteiger partial charge in [-0.05, 0) is 38.0 Å². The van der Waals surface area contributed by atoms with Crippen LogP contribution in [0.3, 0.4) is 0 Å². The average molecular weight is 416 g/mol. The van der Waals surface area contributed by atoms with Crippen LogP contribution >= 0.6 is 15.9 Å². The largest absolute Gasteiger partial charge is 0.352 e. The predicted octanol–water partition coefficient (Wildman–Crippen LogP) is 1.42. The summed E-state index contributed by atoms with van der Waals surface area (Å²) in [5.74, 6) is 0.0424. The number of hydrogen-bond donors (Lipinski definition) is 1. The molecule has 0 bridgehead atoms. The monoisotopic (exact) mass is 415 g/mol. The molecule has 0 radical (unpaired) electrons. The van der Waals surface area contributed by atoms with Crippen LogP contribution in [0.2, 0.25) is 0 Å². The SMILES string of the molecule is C[C@@H](C(=O)NC1CC1)N1CCN(S(=O)(=O)c2cccc(Br)c2)CC1. The summed E-state index contributed by atoms with van der Waals surface area (Å²) in [6.07, 6.45) is 2.13. The standard InChI is InChI=1S/C16H22BrN3O3S/c1-12(16(21)18-14-5-6-14)19-7-9-20(10-8-19)24(22,23)15-4-2-3-13(17)11-15/h2-4,11-12,14H,5-10H2,1H3,(H,18,21)/t12-/m0/s1. The van der Waals surface area contributed by atoms with Gasteiger partial charge in [-0.2, -0.15) is 4.31 Å². The topological polar surface area (TPSA) is 69.7 Å². The quantitative estimate of drug-likeness (QED) is 0.789. The molecule has 3 rings (SSSR count). The molecule has 1 aromatic rings. The highest BCUT2D eigenvalue weighted by molar-refractivity contribution is 9.10. The van der Waals surface area contributed by atoms with Crippen molar-refractivity contribution in [3.63, 3.8) is 0 Å². The molecule has 1 amide bonds. The van der Waals surface area contributed by atoms with E-state index < -0.39 is 10.0 Å². The number of amides is 1. The van der Waals surface area contributed by atoms with Gasteiger partial charge in [-0.25, -0.2) is 8.42 Å². The second-order valence-corrected chi connectivity index (χ2v) is 9.21. The van der Waals surface area contributed by atoms with Crippen LogP contribution in [-0.4, -0.2) is 61.8 Å². The summed E-state index contributed by atoms with van der Waals surface area (Å²) >= 11 is 3.31. The van der Waals surface area contributed by atoms with E-state index in [1.165, 1.54) is 4.31 Å². The summed E-state index contributed by atoms with van der Waals surface area (Å²) in [5, 5.41) is 3.01. The highest BCUT2D eigenvalue weighted by Crippen LogP contribution is 2.22. The predicted molar refractivity (Wildman–Crippen MR) is 95.1 cm³/mol. The summed E-state index contributed by atoms with van der Waals surface area (Å²) in [7, 11) is -3.49. The van der Waals surface area contributed by atoms with Gasteiger partial charge in [0.2, 0.25) is 15.9 Å². The molecule has 0 spiro atoms. The van der Waals surface area contributed by atoms with Crippen LogP contribution in [0.1, 0.15) is 19.8 Å². The third kappa shape index (κ3) is 3.99. The first-order valence-electron chi connectivity index (χ1n) is 8.18.